The van der Waals surface area contributed by atoms with Crippen molar-refractivity contribution in [2.75, 3.05) is 0 Å². The normalized spacial score (nSPS) is 12.7. The van der Waals surface area contributed by atoms with Gasteiger partial charge in [-0.25, -0.2) is 0 Å². The van der Waals surface area contributed by atoms with E-state index in [4.69, 9.17) is 0 Å². The smallest absolute Gasteiger partial charge is 0.0280 e. The van der Waals surface area contributed by atoms with Crippen molar-refractivity contribution in [1.29, 1.82) is 0 Å². The zero-order valence-electron chi connectivity index (χ0n) is 9.55. The summed E-state index contributed by atoms with van der Waals surface area (Å²) in [7, 11) is 0. The van der Waals surface area contributed by atoms with Gasteiger partial charge in [0.05, 0.1) is 0 Å². The van der Waals surface area contributed by atoms with Crippen LogP contribution >= 0.6 is 0 Å². The lowest BCUT2D eigenvalue weighted by molar-refractivity contribution is 0.878. The van der Waals surface area contributed by atoms with Crippen molar-refractivity contribution in [1.82, 2.24) is 0 Å². The Hall–Kier alpha value is -1.04. The van der Waals surface area contributed by atoms with Gasteiger partial charge in [-0.05, 0) is 31.3 Å². The molecule has 0 aliphatic carbocycles. The molecular weight excluding hydrogens is 168 g/mol. The fourth-order valence-electron chi connectivity index (χ4n) is 1.51. The number of hydrogen-bond acceptors (Lipinski definition) is 0. The summed E-state index contributed by atoms with van der Waals surface area (Å²) in [4.78, 5) is 0. The molecule has 0 aromatic heterocycles. The minimum absolute atomic E-state index is 1.08. The topological polar surface area (TPSA) is 0 Å². The summed E-state index contributed by atoms with van der Waals surface area (Å²) in [5.41, 5.74) is 3.00. The summed E-state index contributed by atoms with van der Waals surface area (Å²) in [6.07, 6.45) is 12.5. The van der Waals surface area contributed by atoms with Crippen molar-refractivity contribution in [3.63, 3.8) is 0 Å². The Labute approximate surface area is 88.7 Å². The average Bonchev–Trinajstić information content (AvgIpc) is 2.23. The Morgan fingerprint density at radius 2 is 1.86 bits per heavy atom. The van der Waals surface area contributed by atoms with Gasteiger partial charge < -0.3 is 0 Å². The summed E-state index contributed by atoms with van der Waals surface area (Å²) in [5.74, 6) is 0. The van der Waals surface area contributed by atoms with Crippen LogP contribution in [-0.2, 0) is 0 Å². The van der Waals surface area contributed by atoms with Gasteiger partial charge in [0.15, 0.2) is 0 Å². The average molecular weight is 190 g/mol. The standard InChI is InChI=1S/C14H22/c1-5-9-11-13(7-3)14(8-4)12-10-6-2/h5-6,9,11H,1-2,7-8,10,12H2,3-4H3/b11-9-,14-13+. The predicted octanol–water partition coefficient (Wildman–Crippen LogP) is 4.81. The van der Waals surface area contributed by atoms with Gasteiger partial charge in [-0.15, -0.1) is 6.58 Å². The SMILES string of the molecule is C=C/C=C\C(CC)=C(/CC)CCC=C. The third kappa shape index (κ3) is 4.86. The van der Waals surface area contributed by atoms with E-state index >= 15 is 0 Å². The van der Waals surface area contributed by atoms with Gasteiger partial charge in [0.1, 0.15) is 0 Å². The first kappa shape index (κ1) is 13.0. The quantitative estimate of drug-likeness (QED) is 0.399. The van der Waals surface area contributed by atoms with E-state index in [1.54, 1.807) is 5.57 Å². The molecule has 14 heavy (non-hydrogen) atoms. The van der Waals surface area contributed by atoms with Crippen molar-refractivity contribution in [3.05, 3.63) is 48.6 Å². The highest BCUT2D eigenvalue weighted by molar-refractivity contribution is 5.27. The molecule has 0 aromatic rings. The molecule has 0 nitrogen and oxygen atoms in total. The monoisotopic (exact) mass is 190 g/mol. The van der Waals surface area contributed by atoms with Crippen LogP contribution in [0, 0.1) is 0 Å². The molecule has 0 N–H and O–H groups in total. The van der Waals surface area contributed by atoms with Crippen molar-refractivity contribution in [2.24, 2.45) is 0 Å². The Morgan fingerprint density at radius 1 is 1.14 bits per heavy atom. The highest BCUT2D eigenvalue weighted by Crippen LogP contribution is 2.19. The molecular formula is C14H22. The van der Waals surface area contributed by atoms with E-state index in [1.165, 1.54) is 5.57 Å². The number of allylic oxidation sites excluding steroid dienone is 6. The third-order valence-corrected chi connectivity index (χ3v) is 2.35. The molecule has 0 unspecified atom stereocenters. The second kappa shape index (κ2) is 8.55. The van der Waals surface area contributed by atoms with Crippen LogP contribution in [0.1, 0.15) is 39.5 Å². The Kier molecular flexibility index (Phi) is 7.92. The van der Waals surface area contributed by atoms with Gasteiger partial charge in [-0.2, -0.15) is 0 Å². The summed E-state index contributed by atoms with van der Waals surface area (Å²) in [5, 5.41) is 0. The van der Waals surface area contributed by atoms with Crippen molar-refractivity contribution < 1.29 is 0 Å². The van der Waals surface area contributed by atoms with E-state index in [9.17, 15) is 0 Å². The summed E-state index contributed by atoms with van der Waals surface area (Å²) in [6.45, 7) is 11.9. The molecule has 0 amide bonds. The molecule has 0 rings (SSSR count). The zero-order valence-corrected chi connectivity index (χ0v) is 9.55. The van der Waals surface area contributed by atoms with Crippen LogP contribution in [0.4, 0.5) is 0 Å². The molecule has 78 valence electrons. The van der Waals surface area contributed by atoms with Crippen LogP contribution in [-0.4, -0.2) is 0 Å². The van der Waals surface area contributed by atoms with Crippen molar-refractivity contribution in [2.45, 2.75) is 39.5 Å². The molecule has 0 aliphatic rings. The second-order valence-electron chi connectivity index (χ2n) is 3.26. The maximum atomic E-state index is 3.76. The lowest BCUT2D eigenvalue weighted by Gasteiger charge is -2.08. The van der Waals surface area contributed by atoms with Crippen LogP contribution in [0.2, 0.25) is 0 Å². The maximum absolute atomic E-state index is 3.76. The minimum Gasteiger partial charge on any atom is -0.103 e. The first-order valence-electron chi connectivity index (χ1n) is 5.40. The van der Waals surface area contributed by atoms with Crippen LogP contribution < -0.4 is 0 Å². The largest absolute Gasteiger partial charge is 0.103 e. The number of hydrogen-bond donors (Lipinski definition) is 0. The van der Waals surface area contributed by atoms with E-state index < -0.39 is 0 Å². The fourth-order valence-corrected chi connectivity index (χ4v) is 1.51. The molecule has 0 spiro atoms. The van der Waals surface area contributed by atoms with Crippen LogP contribution in [0.5, 0.6) is 0 Å². The van der Waals surface area contributed by atoms with Gasteiger partial charge in [-0.1, -0.05) is 50.3 Å². The third-order valence-electron chi connectivity index (χ3n) is 2.35. The summed E-state index contributed by atoms with van der Waals surface area (Å²) < 4.78 is 0. The molecule has 0 fully saturated rings. The Bertz CT molecular complexity index is 228. The van der Waals surface area contributed by atoms with Crippen LogP contribution in [0.25, 0.3) is 0 Å². The predicted molar refractivity (Wildman–Crippen MR) is 66.4 cm³/mol. The number of rotatable bonds is 7. The Morgan fingerprint density at radius 3 is 2.29 bits per heavy atom. The zero-order chi connectivity index (χ0) is 10.8. The molecule has 0 bridgehead atoms. The summed E-state index contributed by atoms with van der Waals surface area (Å²) in [6, 6.07) is 0. The van der Waals surface area contributed by atoms with Gasteiger partial charge >= 0.3 is 0 Å². The molecule has 0 atom stereocenters. The lowest BCUT2D eigenvalue weighted by atomic mass is 9.98. The van der Waals surface area contributed by atoms with E-state index in [0.29, 0.717) is 0 Å². The van der Waals surface area contributed by atoms with Crippen LogP contribution in [0.3, 0.4) is 0 Å². The fraction of sp³-hybridized carbons (Fsp3) is 0.429. The van der Waals surface area contributed by atoms with Crippen molar-refractivity contribution in [3.8, 4) is 0 Å². The molecule has 0 heteroatoms. The first-order chi connectivity index (χ1) is 6.79. The molecule has 0 aliphatic heterocycles. The molecule has 0 saturated carbocycles. The van der Waals surface area contributed by atoms with Gasteiger partial charge in [0.25, 0.3) is 0 Å². The van der Waals surface area contributed by atoms with Crippen LogP contribution in [0.15, 0.2) is 48.6 Å². The van der Waals surface area contributed by atoms with Crippen molar-refractivity contribution >= 4 is 0 Å². The van der Waals surface area contributed by atoms with Gasteiger partial charge in [0, 0.05) is 0 Å². The van der Waals surface area contributed by atoms with E-state index in [-0.39, 0.29) is 0 Å². The lowest BCUT2D eigenvalue weighted by Crippen LogP contribution is -1.88. The van der Waals surface area contributed by atoms with Gasteiger partial charge in [-0.3, -0.25) is 0 Å². The molecule has 0 radical (unpaired) electrons. The van der Waals surface area contributed by atoms with E-state index in [2.05, 4.69) is 33.1 Å². The molecule has 0 heterocycles. The van der Waals surface area contributed by atoms with Gasteiger partial charge in [0.2, 0.25) is 0 Å². The Balaban J connectivity index is 4.61. The first-order valence-corrected chi connectivity index (χ1v) is 5.40. The highest BCUT2D eigenvalue weighted by atomic mass is 14.0. The van der Waals surface area contributed by atoms with E-state index in [0.717, 1.165) is 25.7 Å². The maximum Gasteiger partial charge on any atom is -0.0280 e. The summed E-state index contributed by atoms with van der Waals surface area (Å²) >= 11 is 0. The molecule has 0 aromatic carbocycles. The minimum atomic E-state index is 1.08. The second-order valence-corrected chi connectivity index (χ2v) is 3.26. The van der Waals surface area contributed by atoms with E-state index in [1.807, 2.05) is 18.2 Å². The highest BCUT2D eigenvalue weighted by Gasteiger charge is 1.99. The molecule has 0 saturated heterocycles.